The molecule has 0 radical (unpaired) electrons. The van der Waals surface area contributed by atoms with E-state index in [-0.39, 0.29) is 22.7 Å². The number of halogens is 1. The zero-order valence-corrected chi connectivity index (χ0v) is 12.8. The summed E-state index contributed by atoms with van der Waals surface area (Å²) in [6.45, 7) is 9.21. The Balaban J connectivity index is 1.95. The topological polar surface area (TPSA) is 29.1 Å². The van der Waals surface area contributed by atoms with Gasteiger partial charge in [-0.05, 0) is 22.0 Å². The molecule has 2 nitrogen and oxygen atoms in total. The molecule has 0 bridgehead atoms. The van der Waals surface area contributed by atoms with Crippen LogP contribution in [0.5, 0.6) is 0 Å². The number of amides is 1. The van der Waals surface area contributed by atoms with Crippen molar-refractivity contribution in [3.8, 4) is 0 Å². The third kappa shape index (κ3) is 2.51. The molecule has 0 spiro atoms. The summed E-state index contributed by atoms with van der Waals surface area (Å²) in [5.41, 5.74) is 2.37. The highest BCUT2D eigenvalue weighted by atomic mass is 35.5. The van der Waals surface area contributed by atoms with E-state index in [9.17, 15) is 4.79 Å². The molecule has 2 rings (SSSR count). The van der Waals surface area contributed by atoms with Crippen molar-refractivity contribution < 1.29 is 4.79 Å². The normalized spacial score (nSPS) is 20.1. The van der Waals surface area contributed by atoms with Crippen LogP contribution in [-0.2, 0) is 17.2 Å². The largest absolute Gasteiger partial charge is 0.352 e. The minimum absolute atomic E-state index is 0.0923. The van der Waals surface area contributed by atoms with Gasteiger partial charge in [0.15, 0.2) is 0 Å². The number of benzene rings is 1. The molecule has 0 atom stereocenters. The van der Waals surface area contributed by atoms with Gasteiger partial charge >= 0.3 is 0 Å². The van der Waals surface area contributed by atoms with Gasteiger partial charge in [0, 0.05) is 18.3 Å². The zero-order valence-electron chi connectivity index (χ0n) is 12.1. The molecule has 1 aliphatic carbocycles. The molecular weight excluding hydrogens is 258 g/mol. The maximum absolute atomic E-state index is 12.2. The van der Waals surface area contributed by atoms with E-state index in [0.717, 1.165) is 11.1 Å². The van der Waals surface area contributed by atoms with Gasteiger partial charge < -0.3 is 5.32 Å². The van der Waals surface area contributed by atoms with Gasteiger partial charge in [-0.1, -0.05) is 52.0 Å². The molecule has 104 valence electrons. The second-order valence-corrected chi connectivity index (χ2v) is 6.82. The third-order valence-electron chi connectivity index (χ3n) is 4.90. The summed E-state index contributed by atoms with van der Waals surface area (Å²) in [4.78, 5) is 12.2. The average molecular weight is 280 g/mol. The first kappa shape index (κ1) is 14.4. The van der Waals surface area contributed by atoms with Crippen LogP contribution in [-0.4, -0.2) is 5.91 Å². The Morgan fingerprint density at radius 2 is 1.79 bits per heavy atom. The molecule has 1 fully saturated rings. The van der Waals surface area contributed by atoms with E-state index >= 15 is 0 Å². The number of rotatable bonds is 4. The van der Waals surface area contributed by atoms with Gasteiger partial charge in [0.1, 0.15) is 0 Å². The summed E-state index contributed by atoms with van der Waals surface area (Å²) in [6.07, 6.45) is 0. The molecule has 1 amide bonds. The van der Waals surface area contributed by atoms with Crippen molar-refractivity contribution in [2.45, 2.75) is 40.1 Å². The number of carbonyl (C=O) groups excluding carboxylic acids is 1. The van der Waals surface area contributed by atoms with E-state index in [4.69, 9.17) is 11.6 Å². The lowest BCUT2D eigenvalue weighted by Crippen LogP contribution is -2.26. The molecule has 1 aliphatic rings. The Labute approximate surface area is 120 Å². The summed E-state index contributed by atoms with van der Waals surface area (Å²) in [5.74, 6) is 0.771. The van der Waals surface area contributed by atoms with E-state index in [1.807, 2.05) is 24.3 Å². The first-order valence-corrected chi connectivity index (χ1v) is 7.25. The Morgan fingerprint density at radius 3 is 2.32 bits per heavy atom. The lowest BCUT2D eigenvalue weighted by atomic mass is 10.0. The molecule has 0 unspecified atom stereocenters. The van der Waals surface area contributed by atoms with Gasteiger partial charge in [-0.2, -0.15) is 0 Å². The Morgan fingerprint density at radius 1 is 1.21 bits per heavy atom. The summed E-state index contributed by atoms with van der Waals surface area (Å²) in [6, 6.07) is 8.02. The van der Waals surface area contributed by atoms with Crippen LogP contribution in [0.25, 0.3) is 0 Å². The van der Waals surface area contributed by atoms with Crippen molar-refractivity contribution in [3.63, 3.8) is 0 Å². The highest BCUT2D eigenvalue weighted by molar-refractivity contribution is 6.17. The van der Waals surface area contributed by atoms with Crippen molar-refractivity contribution in [2.24, 2.45) is 16.7 Å². The highest BCUT2D eigenvalue weighted by Gasteiger charge is 2.68. The molecule has 3 heteroatoms. The molecular formula is C16H22ClNO. The van der Waals surface area contributed by atoms with Crippen molar-refractivity contribution in [3.05, 3.63) is 35.4 Å². The number of nitrogens with one attached hydrogen (secondary N) is 1. The Bertz CT molecular complexity index is 479. The summed E-state index contributed by atoms with van der Waals surface area (Å²) >= 11 is 5.81. The van der Waals surface area contributed by atoms with Crippen LogP contribution in [0.15, 0.2) is 24.3 Å². The lowest BCUT2D eigenvalue weighted by molar-refractivity contribution is -0.123. The lowest BCUT2D eigenvalue weighted by Gasteiger charge is -2.07. The minimum Gasteiger partial charge on any atom is -0.352 e. The fourth-order valence-electron chi connectivity index (χ4n) is 2.97. The van der Waals surface area contributed by atoms with Crippen LogP contribution < -0.4 is 5.32 Å². The van der Waals surface area contributed by atoms with E-state index in [1.165, 1.54) is 0 Å². The molecule has 0 aromatic heterocycles. The maximum Gasteiger partial charge on any atom is 0.224 e. The Kier molecular flexibility index (Phi) is 3.65. The summed E-state index contributed by atoms with van der Waals surface area (Å²) in [5, 5.41) is 3.04. The van der Waals surface area contributed by atoms with Gasteiger partial charge in [0.05, 0.1) is 0 Å². The minimum atomic E-state index is 0.0923. The van der Waals surface area contributed by atoms with Gasteiger partial charge in [-0.3, -0.25) is 4.79 Å². The van der Waals surface area contributed by atoms with Crippen molar-refractivity contribution in [2.75, 3.05) is 0 Å². The van der Waals surface area contributed by atoms with Crippen molar-refractivity contribution in [1.29, 1.82) is 0 Å². The van der Waals surface area contributed by atoms with Gasteiger partial charge in [0.25, 0.3) is 0 Å². The zero-order chi connectivity index (χ0) is 14.3. The van der Waals surface area contributed by atoms with Crippen LogP contribution in [0.1, 0.15) is 38.8 Å². The molecule has 1 saturated carbocycles. The van der Waals surface area contributed by atoms with Crippen molar-refractivity contribution >= 4 is 17.5 Å². The van der Waals surface area contributed by atoms with Gasteiger partial charge in [-0.15, -0.1) is 11.6 Å². The van der Waals surface area contributed by atoms with Crippen LogP contribution in [0, 0.1) is 16.7 Å². The molecule has 1 N–H and O–H groups in total. The number of alkyl halides is 1. The summed E-state index contributed by atoms with van der Waals surface area (Å²) < 4.78 is 0. The highest BCUT2D eigenvalue weighted by Crippen LogP contribution is 2.68. The molecule has 0 saturated heterocycles. The number of hydrogen-bond acceptors (Lipinski definition) is 1. The van der Waals surface area contributed by atoms with Crippen LogP contribution in [0.2, 0.25) is 0 Å². The second kappa shape index (κ2) is 4.82. The average Bonchev–Trinajstić information content (AvgIpc) is 2.77. The number of carbonyl (C=O) groups is 1. The SMILES string of the molecule is CC1(C)C(C(=O)NCc2cccc(CCl)c2)C1(C)C. The van der Waals surface area contributed by atoms with E-state index < -0.39 is 0 Å². The van der Waals surface area contributed by atoms with Gasteiger partial charge in [-0.25, -0.2) is 0 Å². The predicted molar refractivity (Wildman–Crippen MR) is 78.9 cm³/mol. The fourth-order valence-corrected chi connectivity index (χ4v) is 3.13. The van der Waals surface area contributed by atoms with Crippen LogP contribution in [0.3, 0.4) is 0 Å². The molecule has 1 aromatic rings. The van der Waals surface area contributed by atoms with Crippen LogP contribution >= 0.6 is 11.6 Å². The number of hydrogen-bond donors (Lipinski definition) is 1. The first-order valence-electron chi connectivity index (χ1n) is 6.72. The van der Waals surface area contributed by atoms with E-state index in [0.29, 0.717) is 12.4 Å². The predicted octanol–water partition coefficient (Wildman–Crippen LogP) is 3.72. The molecule has 19 heavy (non-hydrogen) atoms. The van der Waals surface area contributed by atoms with Crippen LogP contribution in [0.4, 0.5) is 0 Å². The van der Waals surface area contributed by atoms with Crippen molar-refractivity contribution in [1.82, 2.24) is 5.32 Å². The quantitative estimate of drug-likeness (QED) is 0.836. The monoisotopic (exact) mass is 279 g/mol. The summed E-state index contributed by atoms with van der Waals surface area (Å²) in [7, 11) is 0. The van der Waals surface area contributed by atoms with Gasteiger partial charge in [0.2, 0.25) is 5.91 Å². The smallest absolute Gasteiger partial charge is 0.224 e. The second-order valence-electron chi connectivity index (χ2n) is 6.55. The Hall–Kier alpha value is -1.02. The van der Waals surface area contributed by atoms with E-state index in [2.05, 4.69) is 33.0 Å². The standard InChI is InChI=1S/C16H22ClNO/c1-15(2)13(16(15,3)4)14(19)18-10-12-7-5-6-11(8-12)9-17/h5-8,13H,9-10H2,1-4H3,(H,18,19). The molecule has 0 aliphatic heterocycles. The fraction of sp³-hybridized carbons (Fsp3) is 0.562. The maximum atomic E-state index is 12.2. The third-order valence-corrected chi connectivity index (χ3v) is 5.20. The molecule has 0 heterocycles. The molecule has 1 aromatic carbocycles. The first-order chi connectivity index (χ1) is 8.80. The van der Waals surface area contributed by atoms with E-state index in [1.54, 1.807) is 0 Å².